The predicted octanol–water partition coefficient (Wildman–Crippen LogP) is 1.99. The van der Waals surface area contributed by atoms with Crippen LogP contribution >= 0.6 is 11.3 Å². The summed E-state index contributed by atoms with van der Waals surface area (Å²) in [7, 11) is 0. The molecule has 1 aliphatic rings. The molecule has 2 aromatic heterocycles. The Morgan fingerprint density at radius 2 is 2.20 bits per heavy atom. The monoisotopic (exact) mass is 293 g/mol. The van der Waals surface area contributed by atoms with Crippen LogP contribution in [0, 0.1) is 6.92 Å². The molecule has 3 heterocycles. The molecule has 0 aliphatic carbocycles. The molecule has 6 nitrogen and oxygen atoms in total. The van der Waals surface area contributed by atoms with Crippen LogP contribution < -0.4 is 5.73 Å². The number of hydrogen-bond acceptors (Lipinski definition) is 7. The Balaban J connectivity index is 1.66. The number of piperidine rings is 1. The first-order valence-corrected chi connectivity index (χ1v) is 7.78. The molecule has 0 aromatic carbocycles. The van der Waals surface area contributed by atoms with Gasteiger partial charge >= 0.3 is 0 Å². The first kappa shape index (κ1) is 13.7. The summed E-state index contributed by atoms with van der Waals surface area (Å²) in [6.45, 7) is 4.98. The van der Waals surface area contributed by atoms with Gasteiger partial charge in [-0.1, -0.05) is 11.6 Å². The van der Waals surface area contributed by atoms with E-state index in [4.69, 9.17) is 10.3 Å². The lowest BCUT2D eigenvalue weighted by Gasteiger charge is -2.27. The Bertz CT molecular complexity index is 561. The molecule has 0 spiro atoms. The van der Waals surface area contributed by atoms with Gasteiger partial charge in [-0.15, -0.1) is 11.3 Å². The molecule has 0 amide bonds. The molecule has 1 aliphatic heterocycles. The number of aryl methyl sites for hydroxylation is 1. The van der Waals surface area contributed by atoms with Crippen molar-refractivity contribution >= 4 is 11.3 Å². The Labute approximate surface area is 122 Å². The Morgan fingerprint density at radius 3 is 2.90 bits per heavy atom. The summed E-state index contributed by atoms with van der Waals surface area (Å²) in [5, 5.41) is 4.99. The number of nitrogens with two attached hydrogens (primary N) is 1. The highest BCUT2D eigenvalue weighted by molar-refractivity contribution is 7.14. The van der Waals surface area contributed by atoms with Crippen molar-refractivity contribution in [2.75, 3.05) is 19.6 Å². The molecule has 0 bridgehead atoms. The minimum atomic E-state index is -0.195. The van der Waals surface area contributed by atoms with Crippen molar-refractivity contribution in [2.24, 2.45) is 5.73 Å². The number of rotatable bonds is 4. The molecule has 0 radical (unpaired) electrons. The van der Waals surface area contributed by atoms with E-state index in [2.05, 4.69) is 20.0 Å². The normalized spacial score (nSPS) is 18.3. The summed E-state index contributed by atoms with van der Waals surface area (Å²) in [5.41, 5.74) is 6.18. The van der Waals surface area contributed by atoms with Crippen molar-refractivity contribution < 1.29 is 4.52 Å². The van der Waals surface area contributed by atoms with Gasteiger partial charge in [0.1, 0.15) is 4.88 Å². The number of hydrogen-bond donors (Lipinski definition) is 1. The Kier molecular flexibility index (Phi) is 4.09. The molecule has 108 valence electrons. The Hall–Kier alpha value is -1.31. The van der Waals surface area contributed by atoms with E-state index in [1.807, 2.05) is 6.92 Å². The van der Waals surface area contributed by atoms with Gasteiger partial charge in [0.15, 0.2) is 5.82 Å². The molecular weight excluding hydrogens is 274 g/mol. The number of likely N-dealkylation sites (tertiary alicyclic amines) is 1. The molecule has 1 fully saturated rings. The van der Waals surface area contributed by atoms with Crippen LogP contribution in [-0.4, -0.2) is 39.7 Å². The summed E-state index contributed by atoms with van der Waals surface area (Å²) >= 11 is 1.54. The van der Waals surface area contributed by atoms with Gasteiger partial charge in [0.25, 0.3) is 5.89 Å². The van der Waals surface area contributed by atoms with Crippen LogP contribution in [0.3, 0.4) is 0 Å². The van der Waals surface area contributed by atoms with Crippen LogP contribution in [-0.2, 0) is 0 Å². The van der Waals surface area contributed by atoms with Gasteiger partial charge in [0.05, 0.1) is 17.2 Å². The maximum atomic E-state index is 6.18. The third-order valence-electron chi connectivity index (χ3n) is 3.51. The van der Waals surface area contributed by atoms with Gasteiger partial charge in [-0.25, -0.2) is 4.98 Å². The van der Waals surface area contributed by atoms with Crippen molar-refractivity contribution in [3.05, 3.63) is 17.0 Å². The zero-order chi connectivity index (χ0) is 13.9. The minimum absolute atomic E-state index is 0.195. The lowest BCUT2D eigenvalue weighted by Crippen LogP contribution is -2.36. The average molecular weight is 293 g/mol. The van der Waals surface area contributed by atoms with E-state index in [0.717, 1.165) is 29.5 Å². The summed E-state index contributed by atoms with van der Waals surface area (Å²) in [6, 6.07) is -0.195. The average Bonchev–Trinajstić information content (AvgIpc) is 3.08. The molecule has 20 heavy (non-hydrogen) atoms. The summed E-state index contributed by atoms with van der Waals surface area (Å²) in [4.78, 5) is 11.9. The van der Waals surface area contributed by atoms with Crippen molar-refractivity contribution in [2.45, 2.75) is 32.2 Å². The third kappa shape index (κ3) is 3.05. The van der Waals surface area contributed by atoms with Gasteiger partial charge < -0.3 is 15.2 Å². The van der Waals surface area contributed by atoms with Gasteiger partial charge in [-0.3, -0.25) is 0 Å². The topological polar surface area (TPSA) is 81.1 Å². The predicted molar refractivity (Wildman–Crippen MR) is 77.4 cm³/mol. The van der Waals surface area contributed by atoms with Crippen molar-refractivity contribution in [1.82, 2.24) is 20.0 Å². The van der Waals surface area contributed by atoms with E-state index in [1.54, 1.807) is 17.5 Å². The van der Waals surface area contributed by atoms with E-state index in [-0.39, 0.29) is 6.04 Å². The van der Waals surface area contributed by atoms with Crippen molar-refractivity contribution in [3.63, 3.8) is 0 Å². The summed E-state index contributed by atoms with van der Waals surface area (Å²) in [6.07, 6.45) is 5.59. The lowest BCUT2D eigenvalue weighted by atomic mass is 10.1. The van der Waals surface area contributed by atoms with E-state index in [1.165, 1.54) is 19.3 Å². The van der Waals surface area contributed by atoms with Crippen molar-refractivity contribution in [3.8, 4) is 10.8 Å². The van der Waals surface area contributed by atoms with Gasteiger partial charge in [0.2, 0.25) is 0 Å². The lowest BCUT2D eigenvalue weighted by molar-refractivity contribution is 0.213. The van der Waals surface area contributed by atoms with E-state index in [9.17, 15) is 0 Å². The minimum Gasteiger partial charge on any atom is -0.333 e. The van der Waals surface area contributed by atoms with Crippen LogP contribution in [0.1, 0.15) is 36.1 Å². The number of thiazole rings is 1. The van der Waals surface area contributed by atoms with Gasteiger partial charge in [-0.2, -0.15) is 4.98 Å². The van der Waals surface area contributed by atoms with Crippen LogP contribution in [0.4, 0.5) is 0 Å². The van der Waals surface area contributed by atoms with Crippen LogP contribution in [0.2, 0.25) is 0 Å². The molecule has 1 atom stereocenters. The standard InChI is InChI=1S/C13H19N5OS/c1-9-15-7-11(20-9)13-16-12(17-19-13)10(14)8-18-5-3-2-4-6-18/h7,10H,2-6,8,14H2,1H3. The highest BCUT2D eigenvalue weighted by atomic mass is 32.1. The van der Waals surface area contributed by atoms with Crippen LogP contribution in [0.5, 0.6) is 0 Å². The SMILES string of the molecule is Cc1ncc(-c2nc(C(N)CN3CCCCC3)no2)s1. The van der Waals surface area contributed by atoms with E-state index < -0.39 is 0 Å². The molecule has 2 N–H and O–H groups in total. The molecule has 3 rings (SSSR count). The second-order valence-electron chi connectivity index (χ2n) is 5.17. The highest BCUT2D eigenvalue weighted by Gasteiger charge is 2.20. The largest absolute Gasteiger partial charge is 0.333 e. The second kappa shape index (κ2) is 5.99. The smallest absolute Gasteiger partial charge is 0.269 e. The van der Waals surface area contributed by atoms with E-state index in [0.29, 0.717) is 11.7 Å². The zero-order valence-corrected chi connectivity index (χ0v) is 12.4. The molecule has 7 heteroatoms. The molecule has 1 unspecified atom stereocenters. The zero-order valence-electron chi connectivity index (χ0n) is 11.6. The maximum Gasteiger partial charge on any atom is 0.269 e. The summed E-state index contributed by atoms with van der Waals surface area (Å²) in [5.74, 6) is 1.09. The fraction of sp³-hybridized carbons (Fsp3) is 0.615. The van der Waals surface area contributed by atoms with Gasteiger partial charge in [0, 0.05) is 6.54 Å². The van der Waals surface area contributed by atoms with Crippen LogP contribution in [0.15, 0.2) is 10.7 Å². The first-order chi connectivity index (χ1) is 9.72. The molecule has 1 saturated heterocycles. The second-order valence-corrected chi connectivity index (χ2v) is 6.40. The highest BCUT2D eigenvalue weighted by Crippen LogP contribution is 2.25. The fourth-order valence-corrected chi connectivity index (χ4v) is 3.15. The maximum absolute atomic E-state index is 6.18. The van der Waals surface area contributed by atoms with E-state index >= 15 is 0 Å². The Morgan fingerprint density at radius 1 is 1.40 bits per heavy atom. The van der Waals surface area contributed by atoms with Crippen LogP contribution in [0.25, 0.3) is 10.8 Å². The first-order valence-electron chi connectivity index (χ1n) is 6.97. The third-order valence-corrected chi connectivity index (χ3v) is 4.41. The van der Waals surface area contributed by atoms with Gasteiger partial charge in [-0.05, 0) is 32.9 Å². The molecule has 0 saturated carbocycles. The van der Waals surface area contributed by atoms with Crippen molar-refractivity contribution in [1.29, 1.82) is 0 Å². The molecular formula is C13H19N5OS. The molecule has 2 aromatic rings. The summed E-state index contributed by atoms with van der Waals surface area (Å²) < 4.78 is 5.29. The number of aromatic nitrogens is 3. The number of nitrogens with zero attached hydrogens (tertiary/aromatic N) is 4. The fourth-order valence-electron chi connectivity index (χ4n) is 2.45. The quantitative estimate of drug-likeness (QED) is 0.928.